The van der Waals surface area contributed by atoms with Crippen LogP contribution in [0.15, 0.2) is 0 Å². The van der Waals surface area contributed by atoms with E-state index in [1.54, 1.807) is 4.90 Å². The van der Waals surface area contributed by atoms with E-state index >= 15 is 0 Å². The van der Waals surface area contributed by atoms with Gasteiger partial charge in [0.25, 0.3) is 0 Å². The van der Waals surface area contributed by atoms with Gasteiger partial charge in [0.1, 0.15) is 6.04 Å². The first-order chi connectivity index (χ1) is 9.58. The third-order valence-corrected chi connectivity index (χ3v) is 4.14. The lowest BCUT2D eigenvalue weighted by Gasteiger charge is -2.35. The molecule has 2 N–H and O–H groups in total. The Bertz CT molecular complexity index is 351. The van der Waals surface area contributed by atoms with Crippen LogP contribution in [0.3, 0.4) is 0 Å². The molecule has 2 saturated heterocycles. The van der Waals surface area contributed by atoms with Crippen LogP contribution in [0.25, 0.3) is 0 Å². The van der Waals surface area contributed by atoms with Crippen LogP contribution in [-0.4, -0.2) is 48.4 Å². The third-order valence-electron chi connectivity index (χ3n) is 4.14. The van der Waals surface area contributed by atoms with Crippen LogP contribution in [0.5, 0.6) is 0 Å². The number of hydrogen-bond donors (Lipinski definition) is 2. The maximum Gasteiger partial charge on any atom is 0.243 e. The van der Waals surface area contributed by atoms with E-state index < -0.39 is 0 Å². The van der Waals surface area contributed by atoms with Crippen LogP contribution >= 0.6 is 0 Å². The lowest BCUT2D eigenvalue weighted by molar-refractivity contribution is -0.143. The zero-order chi connectivity index (χ0) is 14.5. The summed E-state index contributed by atoms with van der Waals surface area (Å²) in [6, 6.07) is -0.0690. The van der Waals surface area contributed by atoms with E-state index in [-0.39, 0.29) is 23.9 Å². The predicted octanol–water partition coefficient (Wildman–Crippen LogP) is 0.892. The van der Waals surface area contributed by atoms with E-state index in [1.165, 1.54) is 0 Å². The summed E-state index contributed by atoms with van der Waals surface area (Å²) in [4.78, 5) is 26.4. The summed E-state index contributed by atoms with van der Waals surface area (Å²) in [6.45, 7) is 6.74. The molecule has 0 saturated carbocycles. The van der Waals surface area contributed by atoms with Gasteiger partial charge < -0.3 is 15.5 Å². The molecular formula is C15H27N3O2. The third kappa shape index (κ3) is 3.95. The van der Waals surface area contributed by atoms with Crippen molar-refractivity contribution in [1.29, 1.82) is 0 Å². The first kappa shape index (κ1) is 15.3. The van der Waals surface area contributed by atoms with Gasteiger partial charge in [0.15, 0.2) is 0 Å². The summed E-state index contributed by atoms with van der Waals surface area (Å²) in [5.74, 6) is 0.575. The summed E-state index contributed by atoms with van der Waals surface area (Å²) >= 11 is 0. The van der Waals surface area contributed by atoms with Crippen molar-refractivity contribution in [3.8, 4) is 0 Å². The summed E-state index contributed by atoms with van der Waals surface area (Å²) in [6.07, 6.45) is 4.29. The maximum absolute atomic E-state index is 12.5. The maximum atomic E-state index is 12.5. The minimum Gasteiger partial charge on any atom is -0.350 e. The quantitative estimate of drug-likeness (QED) is 0.787. The van der Waals surface area contributed by atoms with Gasteiger partial charge in [0.05, 0.1) is 0 Å². The molecule has 2 aliphatic rings. The number of nitrogens with one attached hydrogen (secondary N) is 2. The van der Waals surface area contributed by atoms with Gasteiger partial charge in [-0.1, -0.05) is 13.8 Å². The van der Waals surface area contributed by atoms with Crippen LogP contribution in [0.1, 0.15) is 46.0 Å². The molecule has 0 radical (unpaired) electrons. The Morgan fingerprint density at radius 2 is 2.25 bits per heavy atom. The average molecular weight is 281 g/mol. The second kappa shape index (κ2) is 7.07. The molecule has 114 valence electrons. The molecule has 2 amide bonds. The minimum absolute atomic E-state index is 0.0302. The molecular weight excluding hydrogens is 254 g/mol. The molecule has 0 aliphatic carbocycles. The Hall–Kier alpha value is -1.10. The lowest BCUT2D eigenvalue weighted by atomic mass is 9.98. The highest BCUT2D eigenvalue weighted by Gasteiger charge is 2.33. The van der Waals surface area contributed by atoms with Gasteiger partial charge in [-0.05, 0) is 38.1 Å². The van der Waals surface area contributed by atoms with Gasteiger partial charge >= 0.3 is 0 Å². The first-order valence-electron chi connectivity index (χ1n) is 7.88. The van der Waals surface area contributed by atoms with Crippen LogP contribution in [0.2, 0.25) is 0 Å². The Morgan fingerprint density at radius 3 is 2.85 bits per heavy atom. The molecule has 0 aromatic carbocycles. The normalized spacial score (nSPS) is 25.1. The topological polar surface area (TPSA) is 61.4 Å². The SMILES string of the molecule is CC(C)CC(C(=O)NC1CCNC1)N1CCCCC1=O. The van der Waals surface area contributed by atoms with Gasteiger partial charge in [-0.3, -0.25) is 9.59 Å². The minimum atomic E-state index is -0.289. The van der Waals surface area contributed by atoms with E-state index in [2.05, 4.69) is 24.5 Å². The highest BCUT2D eigenvalue weighted by atomic mass is 16.2. The molecule has 0 spiro atoms. The molecule has 5 heteroatoms. The van der Waals surface area contributed by atoms with Crippen LogP contribution in [-0.2, 0) is 9.59 Å². The Labute approximate surface area is 121 Å². The van der Waals surface area contributed by atoms with Crippen molar-refractivity contribution < 1.29 is 9.59 Å². The monoisotopic (exact) mass is 281 g/mol. The van der Waals surface area contributed by atoms with Crippen molar-refractivity contribution in [2.24, 2.45) is 5.92 Å². The van der Waals surface area contributed by atoms with Gasteiger partial charge in [0.2, 0.25) is 11.8 Å². The summed E-state index contributed by atoms with van der Waals surface area (Å²) in [7, 11) is 0. The Kier molecular flexibility index (Phi) is 5.40. The first-order valence-corrected chi connectivity index (χ1v) is 7.88. The van der Waals surface area contributed by atoms with Crippen LogP contribution in [0, 0.1) is 5.92 Å². The Morgan fingerprint density at radius 1 is 1.45 bits per heavy atom. The molecule has 0 aromatic rings. The number of likely N-dealkylation sites (tertiary alicyclic amines) is 1. The molecule has 2 heterocycles. The summed E-state index contributed by atoms with van der Waals surface area (Å²) in [5, 5.41) is 6.36. The van der Waals surface area contributed by atoms with Crippen molar-refractivity contribution in [2.75, 3.05) is 19.6 Å². The molecule has 2 aliphatic heterocycles. The molecule has 5 nitrogen and oxygen atoms in total. The average Bonchev–Trinajstić information content (AvgIpc) is 2.89. The number of carbonyl (C=O) groups is 2. The largest absolute Gasteiger partial charge is 0.350 e. The van der Waals surface area contributed by atoms with E-state index in [0.717, 1.165) is 45.3 Å². The number of carbonyl (C=O) groups excluding carboxylic acids is 2. The van der Waals surface area contributed by atoms with Crippen LogP contribution in [0.4, 0.5) is 0 Å². The number of nitrogens with zero attached hydrogens (tertiary/aromatic N) is 1. The number of rotatable bonds is 5. The molecule has 2 unspecified atom stereocenters. The van der Waals surface area contributed by atoms with E-state index in [4.69, 9.17) is 0 Å². The predicted molar refractivity (Wildman–Crippen MR) is 78.2 cm³/mol. The molecule has 0 aromatic heterocycles. The molecule has 20 heavy (non-hydrogen) atoms. The van der Waals surface area contributed by atoms with Crippen LogP contribution < -0.4 is 10.6 Å². The molecule has 2 atom stereocenters. The van der Waals surface area contributed by atoms with Crippen molar-refractivity contribution in [1.82, 2.24) is 15.5 Å². The van der Waals surface area contributed by atoms with E-state index in [1.807, 2.05) is 0 Å². The van der Waals surface area contributed by atoms with Crippen molar-refractivity contribution in [3.63, 3.8) is 0 Å². The smallest absolute Gasteiger partial charge is 0.243 e. The summed E-state index contributed by atoms with van der Waals surface area (Å²) < 4.78 is 0. The van der Waals surface area contributed by atoms with Crippen molar-refractivity contribution >= 4 is 11.8 Å². The zero-order valence-corrected chi connectivity index (χ0v) is 12.7. The van der Waals surface area contributed by atoms with Crippen molar-refractivity contribution in [3.05, 3.63) is 0 Å². The molecule has 2 rings (SSSR count). The van der Waals surface area contributed by atoms with Gasteiger partial charge in [-0.25, -0.2) is 0 Å². The highest BCUT2D eigenvalue weighted by molar-refractivity contribution is 5.88. The fraction of sp³-hybridized carbons (Fsp3) is 0.867. The van der Waals surface area contributed by atoms with E-state index in [9.17, 15) is 9.59 Å². The summed E-state index contributed by atoms with van der Waals surface area (Å²) in [5.41, 5.74) is 0. The number of hydrogen-bond acceptors (Lipinski definition) is 3. The van der Waals surface area contributed by atoms with E-state index in [0.29, 0.717) is 12.3 Å². The second-order valence-electron chi connectivity index (χ2n) is 6.39. The fourth-order valence-electron chi connectivity index (χ4n) is 3.05. The second-order valence-corrected chi connectivity index (χ2v) is 6.39. The lowest BCUT2D eigenvalue weighted by Crippen LogP contribution is -2.53. The molecule has 2 fully saturated rings. The number of amides is 2. The van der Waals surface area contributed by atoms with Crippen molar-refractivity contribution in [2.45, 2.75) is 58.0 Å². The fourth-order valence-corrected chi connectivity index (χ4v) is 3.05. The van der Waals surface area contributed by atoms with Gasteiger partial charge in [-0.15, -0.1) is 0 Å². The Balaban J connectivity index is 2.01. The highest BCUT2D eigenvalue weighted by Crippen LogP contribution is 2.19. The van der Waals surface area contributed by atoms with Gasteiger partial charge in [-0.2, -0.15) is 0 Å². The standard InChI is InChI=1S/C15H27N3O2/c1-11(2)9-13(18-8-4-3-5-14(18)19)15(20)17-12-6-7-16-10-12/h11-13,16H,3-10H2,1-2H3,(H,17,20). The molecule has 0 bridgehead atoms. The van der Waals surface area contributed by atoms with Gasteiger partial charge in [0, 0.05) is 25.6 Å². The number of piperidine rings is 1. The zero-order valence-electron chi connectivity index (χ0n) is 12.7.